The van der Waals surface area contributed by atoms with Gasteiger partial charge in [-0.05, 0) is 36.3 Å². The lowest BCUT2D eigenvalue weighted by Crippen LogP contribution is -2.46. The minimum atomic E-state index is -0.526. The van der Waals surface area contributed by atoms with Crippen LogP contribution in [0.3, 0.4) is 0 Å². The third-order valence-electron chi connectivity index (χ3n) is 4.29. The molecular formula is C19H22N2O2S. The topological polar surface area (TPSA) is 49.4 Å². The van der Waals surface area contributed by atoms with Crippen LogP contribution in [-0.4, -0.2) is 29.8 Å². The molecule has 3 rings (SSSR count). The zero-order valence-electron chi connectivity index (χ0n) is 13.6. The van der Waals surface area contributed by atoms with Crippen molar-refractivity contribution in [1.29, 1.82) is 0 Å². The SMILES string of the molecule is O=C(NCCc1cccs1)C(c1ccccc1)N1CCCCC1=O. The summed E-state index contributed by atoms with van der Waals surface area (Å²) in [5.74, 6) is -0.0171. The van der Waals surface area contributed by atoms with E-state index in [1.807, 2.05) is 41.8 Å². The van der Waals surface area contributed by atoms with Crippen LogP contribution in [0, 0.1) is 0 Å². The average Bonchev–Trinajstić information content (AvgIpc) is 3.11. The molecule has 1 aromatic heterocycles. The van der Waals surface area contributed by atoms with Gasteiger partial charge in [-0.15, -0.1) is 11.3 Å². The predicted molar refractivity (Wildman–Crippen MR) is 95.8 cm³/mol. The molecule has 2 amide bonds. The highest BCUT2D eigenvalue weighted by Crippen LogP contribution is 2.25. The molecule has 1 fully saturated rings. The van der Waals surface area contributed by atoms with Crippen molar-refractivity contribution in [3.63, 3.8) is 0 Å². The minimum Gasteiger partial charge on any atom is -0.354 e. The first-order valence-electron chi connectivity index (χ1n) is 8.40. The Kier molecular flexibility index (Phi) is 5.64. The molecule has 1 atom stereocenters. The lowest BCUT2D eigenvalue weighted by atomic mass is 10.0. The normalized spacial score (nSPS) is 16.0. The third-order valence-corrected chi connectivity index (χ3v) is 5.22. The smallest absolute Gasteiger partial charge is 0.247 e. The Balaban J connectivity index is 1.71. The Hall–Kier alpha value is -2.14. The van der Waals surface area contributed by atoms with E-state index in [1.165, 1.54) is 4.88 Å². The van der Waals surface area contributed by atoms with E-state index in [9.17, 15) is 9.59 Å². The van der Waals surface area contributed by atoms with Crippen LogP contribution in [0.1, 0.15) is 35.7 Å². The van der Waals surface area contributed by atoms with Crippen LogP contribution in [0.15, 0.2) is 47.8 Å². The number of carbonyl (C=O) groups is 2. The van der Waals surface area contributed by atoms with Crippen LogP contribution >= 0.6 is 11.3 Å². The molecule has 2 heterocycles. The largest absolute Gasteiger partial charge is 0.354 e. The van der Waals surface area contributed by atoms with Gasteiger partial charge in [-0.1, -0.05) is 36.4 Å². The molecule has 1 N–H and O–H groups in total. The summed E-state index contributed by atoms with van der Waals surface area (Å²) in [7, 11) is 0. The third kappa shape index (κ3) is 4.03. The fourth-order valence-corrected chi connectivity index (χ4v) is 3.78. The summed E-state index contributed by atoms with van der Waals surface area (Å²) >= 11 is 1.69. The van der Waals surface area contributed by atoms with E-state index in [4.69, 9.17) is 0 Å². The minimum absolute atomic E-state index is 0.0727. The van der Waals surface area contributed by atoms with E-state index >= 15 is 0 Å². The molecule has 0 spiro atoms. The van der Waals surface area contributed by atoms with Crippen molar-refractivity contribution >= 4 is 23.2 Å². The molecular weight excluding hydrogens is 320 g/mol. The van der Waals surface area contributed by atoms with E-state index in [2.05, 4.69) is 11.4 Å². The van der Waals surface area contributed by atoms with Crippen LogP contribution in [0.25, 0.3) is 0 Å². The fraction of sp³-hybridized carbons (Fsp3) is 0.368. The molecule has 0 radical (unpaired) electrons. The summed E-state index contributed by atoms with van der Waals surface area (Å²) < 4.78 is 0. The monoisotopic (exact) mass is 342 g/mol. The first-order chi connectivity index (χ1) is 11.8. The van der Waals surface area contributed by atoms with Gasteiger partial charge in [-0.2, -0.15) is 0 Å². The van der Waals surface area contributed by atoms with Gasteiger partial charge in [0.1, 0.15) is 6.04 Å². The van der Waals surface area contributed by atoms with Crippen molar-refractivity contribution in [3.05, 3.63) is 58.3 Å². The highest BCUT2D eigenvalue weighted by atomic mass is 32.1. The summed E-state index contributed by atoms with van der Waals surface area (Å²) in [5, 5.41) is 5.05. The maximum Gasteiger partial charge on any atom is 0.247 e. The van der Waals surface area contributed by atoms with Gasteiger partial charge in [-0.25, -0.2) is 0 Å². The number of piperidine rings is 1. The number of hydrogen-bond donors (Lipinski definition) is 1. The molecule has 1 aliphatic heterocycles. The number of nitrogens with zero attached hydrogens (tertiary/aromatic N) is 1. The lowest BCUT2D eigenvalue weighted by Gasteiger charge is -2.34. The molecule has 0 saturated carbocycles. The molecule has 1 saturated heterocycles. The van der Waals surface area contributed by atoms with Crippen molar-refractivity contribution in [2.45, 2.75) is 31.7 Å². The number of nitrogens with one attached hydrogen (secondary N) is 1. The van der Waals surface area contributed by atoms with Crippen molar-refractivity contribution in [2.75, 3.05) is 13.1 Å². The molecule has 5 heteroatoms. The average molecular weight is 342 g/mol. The molecule has 1 unspecified atom stereocenters. The van der Waals surface area contributed by atoms with Crippen molar-refractivity contribution in [3.8, 4) is 0 Å². The molecule has 2 aromatic rings. The molecule has 24 heavy (non-hydrogen) atoms. The second-order valence-electron chi connectivity index (χ2n) is 5.98. The van der Waals surface area contributed by atoms with Gasteiger partial charge in [0.15, 0.2) is 0 Å². The van der Waals surface area contributed by atoms with E-state index in [0.29, 0.717) is 19.5 Å². The standard InChI is InChI=1S/C19H22N2O2S/c22-17-10-4-5-13-21(17)18(15-7-2-1-3-8-15)19(23)20-12-11-16-9-6-14-24-16/h1-3,6-9,14,18H,4-5,10-13H2,(H,20,23). The number of thiophene rings is 1. The maximum absolute atomic E-state index is 12.8. The zero-order chi connectivity index (χ0) is 16.8. The Morgan fingerprint density at radius 2 is 2.00 bits per heavy atom. The number of hydrogen-bond acceptors (Lipinski definition) is 3. The van der Waals surface area contributed by atoms with E-state index in [-0.39, 0.29) is 11.8 Å². The lowest BCUT2D eigenvalue weighted by molar-refractivity contribution is -0.142. The van der Waals surface area contributed by atoms with Gasteiger partial charge in [0, 0.05) is 24.4 Å². The van der Waals surface area contributed by atoms with Crippen molar-refractivity contribution < 1.29 is 9.59 Å². The second-order valence-corrected chi connectivity index (χ2v) is 7.01. The molecule has 126 valence electrons. The Morgan fingerprint density at radius 1 is 1.17 bits per heavy atom. The Bertz CT molecular complexity index is 670. The molecule has 0 bridgehead atoms. The fourth-order valence-electron chi connectivity index (χ4n) is 3.07. The summed E-state index contributed by atoms with van der Waals surface area (Å²) in [6.07, 6.45) is 3.22. The molecule has 1 aromatic carbocycles. The van der Waals surface area contributed by atoms with Crippen LogP contribution in [0.2, 0.25) is 0 Å². The highest BCUT2D eigenvalue weighted by molar-refractivity contribution is 7.09. The highest BCUT2D eigenvalue weighted by Gasteiger charge is 2.32. The van der Waals surface area contributed by atoms with E-state index in [0.717, 1.165) is 24.8 Å². The molecule has 4 nitrogen and oxygen atoms in total. The van der Waals surface area contributed by atoms with Crippen molar-refractivity contribution in [1.82, 2.24) is 10.2 Å². The number of amides is 2. The van der Waals surface area contributed by atoms with Gasteiger partial charge in [-0.3, -0.25) is 9.59 Å². The maximum atomic E-state index is 12.8. The Labute approximate surface area is 146 Å². The number of benzene rings is 1. The molecule has 0 aliphatic carbocycles. The first-order valence-corrected chi connectivity index (χ1v) is 9.28. The quantitative estimate of drug-likeness (QED) is 0.877. The van der Waals surface area contributed by atoms with Crippen molar-refractivity contribution in [2.24, 2.45) is 0 Å². The van der Waals surface area contributed by atoms with Crippen LogP contribution in [-0.2, 0) is 16.0 Å². The van der Waals surface area contributed by atoms with Crippen LogP contribution < -0.4 is 5.32 Å². The van der Waals surface area contributed by atoms with Gasteiger partial charge in [0.25, 0.3) is 0 Å². The van der Waals surface area contributed by atoms with Gasteiger partial charge in [0.05, 0.1) is 0 Å². The van der Waals surface area contributed by atoms with E-state index in [1.54, 1.807) is 16.2 Å². The van der Waals surface area contributed by atoms with Gasteiger partial charge in [0.2, 0.25) is 11.8 Å². The summed E-state index contributed by atoms with van der Waals surface area (Å²) in [4.78, 5) is 28.1. The van der Waals surface area contributed by atoms with E-state index < -0.39 is 6.04 Å². The number of likely N-dealkylation sites (tertiary alicyclic amines) is 1. The number of rotatable bonds is 6. The number of carbonyl (C=O) groups excluding carboxylic acids is 2. The summed E-state index contributed by atoms with van der Waals surface area (Å²) in [6.45, 7) is 1.24. The first kappa shape index (κ1) is 16.7. The summed E-state index contributed by atoms with van der Waals surface area (Å²) in [5.41, 5.74) is 0.876. The van der Waals surface area contributed by atoms with Gasteiger partial charge >= 0.3 is 0 Å². The molecule has 1 aliphatic rings. The Morgan fingerprint density at radius 3 is 2.71 bits per heavy atom. The van der Waals surface area contributed by atoms with Gasteiger partial charge < -0.3 is 10.2 Å². The zero-order valence-corrected chi connectivity index (χ0v) is 14.4. The van der Waals surface area contributed by atoms with Crippen LogP contribution in [0.5, 0.6) is 0 Å². The van der Waals surface area contributed by atoms with Crippen LogP contribution in [0.4, 0.5) is 0 Å². The predicted octanol–water partition coefficient (Wildman–Crippen LogP) is 3.16. The second kappa shape index (κ2) is 8.11. The summed E-state index contributed by atoms with van der Waals surface area (Å²) in [6, 6.07) is 13.2.